The predicted octanol–water partition coefficient (Wildman–Crippen LogP) is 6.26. The van der Waals surface area contributed by atoms with Crippen molar-refractivity contribution in [3.05, 3.63) is 105 Å². The molecule has 4 rings (SSSR count). The van der Waals surface area contributed by atoms with Crippen molar-refractivity contribution in [3.63, 3.8) is 0 Å². The van der Waals surface area contributed by atoms with E-state index >= 15 is 0 Å². The fraction of sp³-hybridized carbons (Fsp3) is 0.115. The molecule has 4 aromatic rings. The number of para-hydroxylation sites is 1. The van der Waals surface area contributed by atoms with Gasteiger partial charge in [-0.25, -0.2) is 9.37 Å². The largest absolute Gasteiger partial charge is 0.341 e. The van der Waals surface area contributed by atoms with E-state index in [0.717, 1.165) is 16.0 Å². The number of nitrogens with one attached hydrogen (secondary N) is 1. The van der Waals surface area contributed by atoms with Crippen LogP contribution in [0.2, 0.25) is 0 Å². The van der Waals surface area contributed by atoms with Crippen LogP contribution in [0.1, 0.15) is 34.7 Å². The van der Waals surface area contributed by atoms with Crippen molar-refractivity contribution in [1.29, 1.82) is 0 Å². The Labute approximate surface area is 205 Å². The number of thiazole rings is 1. The number of hydrogen-bond acceptors (Lipinski definition) is 5. The van der Waals surface area contributed by atoms with Crippen LogP contribution in [0.5, 0.6) is 0 Å². The lowest BCUT2D eigenvalue weighted by Gasteiger charge is -2.18. The van der Waals surface area contributed by atoms with Gasteiger partial charge in [0.2, 0.25) is 11.8 Å². The molecule has 8 heteroatoms. The third kappa shape index (κ3) is 5.47. The molecule has 0 spiro atoms. The molecular formula is C26H22FN3O2S2. The first-order valence-electron chi connectivity index (χ1n) is 10.5. The summed E-state index contributed by atoms with van der Waals surface area (Å²) in [4.78, 5) is 31.6. The number of nitrogens with zero attached hydrogens (tertiary/aromatic N) is 2. The summed E-state index contributed by atoms with van der Waals surface area (Å²) in [6.45, 7) is 3.37. The second kappa shape index (κ2) is 10.5. The molecule has 5 nitrogen and oxygen atoms in total. The summed E-state index contributed by atoms with van der Waals surface area (Å²) in [5, 5.41) is 7.07. The smallest absolute Gasteiger partial charge is 0.244 e. The maximum absolute atomic E-state index is 14.3. The fourth-order valence-corrected chi connectivity index (χ4v) is 5.03. The van der Waals surface area contributed by atoms with Crippen molar-refractivity contribution >= 4 is 51.4 Å². The Balaban J connectivity index is 1.51. The summed E-state index contributed by atoms with van der Waals surface area (Å²) in [6, 6.07) is 17.8. The molecule has 1 unspecified atom stereocenters. The summed E-state index contributed by atoms with van der Waals surface area (Å²) in [7, 11) is 0. The van der Waals surface area contributed by atoms with Crippen LogP contribution >= 0.6 is 22.7 Å². The van der Waals surface area contributed by atoms with Gasteiger partial charge in [0.05, 0.1) is 17.4 Å². The number of benzene rings is 2. The fourth-order valence-electron chi connectivity index (χ4n) is 3.38. The number of rotatable bonds is 7. The van der Waals surface area contributed by atoms with Crippen LogP contribution in [0.4, 0.5) is 15.2 Å². The van der Waals surface area contributed by atoms with Crippen LogP contribution in [0, 0.1) is 12.7 Å². The number of aromatic nitrogens is 1. The number of amides is 2. The van der Waals surface area contributed by atoms with Gasteiger partial charge in [0.1, 0.15) is 5.82 Å². The first-order chi connectivity index (χ1) is 16.4. The Kier molecular flexibility index (Phi) is 7.30. The highest BCUT2D eigenvalue weighted by Crippen LogP contribution is 2.31. The first kappa shape index (κ1) is 23.5. The average Bonchev–Trinajstić information content (AvgIpc) is 3.51. The molecule has 1 atom stereocenters. The van der Waals surface area contributed by atoms with Gasteiger partial charge in [0.25, 0.3) is 0 Å². The highest BCUT2D eigenvalue weighted by molar-refractivity contribution is 7.14. The number of carbonyl (C=O) groups is 2. The van der Waals surface area contributed by atoms with Crippen molar-refractivity contribution in [2.75, 3.05) is 4.90 Å². The molecule has 2 amide bonds. The molecule has 0 radical (unpaired) electrons. The predicted molar refractivity (Wildman–Crippen MR) is 136 cm³/mol. The lowest BCUT2D eigenvalue weighted by Crippen LogP contribution is -2.27. The van der Waals surface area contributed by atoms with E-state index in [0.29, 0.717) is 10.8 Å². The van der Waals surface area contributed by atoms with Gasteiger partial charge in [0.15, 0.2) is 5.13 Å². The molecule has 0 aliphatic heterocycles. The molecule has 2 aromatic heterocycles. The molecule has 0 saturated carbocycles. The summed E-state index contributed by atoms with van der Waals surface area (Å²) in [5.41, 5.74) is 2.78. The Morgan fingerprint density at radius 3 is 2.50 bits per heavy atom. The molecule has 1 N–H and O–H groups in total. The number of hydrogen-bond donors (Lipinski definition) is 1. The SMILES string of the molecule is CC(=O)N(c1nc(/C=C/C(=O)NC(c2ccc(C)cc2)c2cccs2)cs1)c1ccccc1F. The van der Waals surface area contributed by atoms with E-state index < -0.39 is 5.82 Å². The molecular weight excluding hydrogens is 469 g/mol. The second-order valence-electron chi connectivity index (χ2n) is 7.56. The Bertz CT molecular complexity index is 1310. The van der Waals surface area contributed by atoms with Gasteiger partial charge < -0.3 is 5.32 Å². The highest BCUT2D eigenvalue weighted by atomic mass is 32.1. The van der Waals surface area contributed by atoms with Crippen molar-refractivity contribution in [2.24, 2.45) is 0 Å². The van der Waals surface area contributed by atoms with Gasteiger partial charge in [-0.3, -0.25) is 14.5 Å². The summed E-state index contributed by atoms with van der Waals surface area (Å²) in [5.74, 6) is -1.14. The van der Waals surface area contributed by atoms with Crippen molar-refractivity contribution in [3.8, 4) is 0 Å². The van der Waals surface area contributed by atoms with E-state index in [4.69, 9.17) is 0 Å². The van der Waals surface area contributed by atoms with E-state index in [-0.39, 0.29) is 23.5 Å². The monoisotopic (exact) mass is 491 g/mol. The molecule has 0 fully saturated rings. The molecule has 2 aromatic carbocycles. The van der Waals surface area contributed by atoms with Gasteiger partial charge in [-0.15, -0.1) is 22.7 Å². The number of carbonyl (C=O) groups excluding carboxylic acids is 2. The standard InChI is InChI=1S/C26H22FN3O2S2/c1-17-9-11-19(12-10-17)25(23-8-5-15-33-23)29-24(32)14-13-20-16-34-26(28-20)30(18(2)31)22-7-4-3-6-21(22)27/h3-16,25H,1-2H3,(H,29,32)/b14-13+. The quantitative estimate of drug-likeness (QED) is 0.311. The van der Waals surface area contributed by atoms with Crippen LogP contribution < -0.4 is 10.2 Å². The number of thiophene rings is 1. The lowest BCUT2D eigenvalue weighted by molar-refractivity contribution is -0.117. The normalized spacial score (nSPS) is 12.0. The van der Waals surface area contributed by atoms with E-state index in [1.165, 1.54) is 41.4 Å². The van der Waals surface area contributed by atoms with Gasteiger partial charge >= 0.3 is 0 Å². The average molecular weight is 492 g/mol. The van der Waals surface area contributed by atoms with Gasteiger partial charge in [-0.05, 0) is 42.1 Å². The van der Waals surface area contributed by atoms with Gasteiger partial charge in [-0.2, -0.15) is 0 Å². The van der Waals surface area contributed by atoms with Crippen molar-refractivity contribution < 1.29 is 14.0 Å². The number of aryl methyl sites for hydroxylation is 1. The zero-order chi connectivity index (χ0) is 24.1. The molecule has 34 heavy (non-hydrogen) atoms. The van der Waals surface area contributed by atoms with Crippen molar-refractivity contribution in [1.82, 2.24) is 10.3 Å². The number of halogens is 1. The zero-order valence-corrected chi connectivity index (χ0v) is 20.2. The first-order valence-corrected chi connectivity index (χ1v) is 12.3. The second-order valence-corrected chi connectivity index (χ2v) is 9.38. The third-order valence-electron chi connectivity index (χ3n) is 5.04. The molecule has 0 bridgehead atoms. The summed E-state index contributed by atoms with van der Waals surface area (Å²) in [6.07, 6.45) is 2.99. The maximum atomic E-state index is 14.3. The molecule has 172 valence electrons. The topological polar surface area (TPSA) is 62.3 Å². The molecule has 0 saturated heterocycles. The van der Waals surface area contributed by atoms with E-state index in [9.17, 15) is 14.0 Å². The molecule has 0 aliphatic carbocycles. The van der Waals surface area contributed by atoms with Crippen LogP contribution in [0.15, 0.2) is 77.5 Å². The van der Waals surface area contributed by atoms with Crippen LogP contribution in [-0.4, -0.2) is 16.8 Å². The maximum Gasteiger partial charge on any atom is 0.244 e. The van der Waals surface area contributed by atoms with Gasteiger partial charge in [-0.1, -0.05) is 48.0 Å². The van der Waals surface area contributed by atoms with E-state index in [1.54, 1.807) is 34.9 Å². The van der Waals surface area contributed by atoms with Crippen molar-refractivity contribution in [2.45, 2.75) is 19.9 Å². The van der Waals surface area contributed by atoms with E-state index in [2.05, 4.69) is 10.3 Å². The minimum atomic E-state index is -0.514. The Hall–Kier alpha value is -3.62. The highest BCUT2D eigenvalue weighted by Gasteiger charge is 2.21. The van der Waals surface area contributed by atoms with Gasteiger partial charge in [0, 0.05) is 23.3 Å². The summed E-state index contributed by atoms with van der Waals surface area (Å²) < 4.78 is 14.3. The third-order valence-corrected chi connectivity index (χ3v) is 6.82. The van der Waals surface area contributed by atoms with Crippen LogP contribution in [0.25, 0.3) is 6.08 Å². The Morgan fingerprint density at radius 2 is 1.82 bits per heavy atom. The molecule has 2 heterocycles. The van der Waals surface area contributed by atoms with Crippen LogP contribution in [-0.2, 0) is 9.59 Å². The summed E-state index contributed by atoms with van der Waals surface area (Å²) >= 11 is 2.77. The van der Waals surface area contributed by atoms with E-state index in [1.807, 2.05) is 48.7 Å². The zero-order valence-electron chi connectivity index (χ0n) is 18.6. The lowest BCUT2D eigenvalue weighted by atomic mass is 10.0. The van der Waals surface area contributed by atoms with Crippen LogP contribution in [0.3, 0.4) is 0 Å². The number of anilines is 2. The Morgan fingerprint density at radius 1 is 1.06 bits per heavy atom. The minimum Gasteiger partial charge on any atom is -0.341 e. The molecule has 0 aliphatic rings. The minimum absolute atomic E-state index is 0.134.